The predicted molar refractivity (Wildman–Crippen MR) is 102 cm³/mol. The Morgan fingerprint density at radius 3 is 2.38 bits per heavy atom. The van der Waals surface area contributed by atoms with Crippen LogP contribution in [0.4, 0.5) is 11.4 Å². The first kappa shape index (κ1) is 19.4. The number of nitrogens with one attached hydrogen (secondary N) is 2. The van der Waals surface area contributed by atoms with E-state index in [-0.39, 0.29) is 30.9 Å². The number of piperidine rings is 1. The number of rotatable bonds is 1. The van der Waals surface area contributed by atoms with Crippen LogP contribution in [-0.2, 0) is 0 Å². The van der Waals surface area contributed by atoms with E-state index >= 15 is 0 Å². The van der Waals surface area contributed by atoms with E-state index in [1.165, 1.54) is 19.3 Å². The maximum Gasteiger partial charge on any atom is 0.131 e. The van der Waals surface area contributed by atoms with Gasteiger partial charge >= 0.3 is 0 Å². The largest absolute Gasteiger partial charge is 0.485 e. The van der Waals surface area contributed by atoms with Gasteiger partial charge in [-0.3, -0.25) is 4.90 Å². The average Bonchev–Trinajstić information content (AvgIpc) is 2.94. The molecule has 0 spiro atoms. The molecule has 136 valence electrons. The Bertz CT molecular complexity index is 591. The Kier molecular flexibility index (Phi) is 5.80. The van der Waals surface area contributed by atoms with Crippen LogP contribution < -0.4 is 15.4 Å². The first-order valence-electron chi connectivity index (χ1n) is 8.33. The molecule has 2 atom stereocenters. The molecule has 1 fully saturated rings. The fraction of sp³-hybridized carbons (Fsp3) is 0.647. The minimum atomic E-state index is -0.574. The van der Waals surface area contributed by atoms with E-state index in [1.54, 1.807) is 0 Å². The molecule has 24 heavy (non-hydrogen) atoms. The smallest absolute Gasteiger partial charge is 0.131 e. The van der Waals surface area contributed by atoms with Crippen LogP contribution in [0.2, 0.25) is 0 Å². The van der Waals surface area contributed by atoms with Gasteiger partial charge in [0, 0.05) is 11.6 Å². The number of nitrogens with zero attached hydrogens (tertiary/aromatic N) is 1. The third-order valence-electron chi connectivity index (χ3n) is 5.19. The lowest BCUT2D eigenvalue weighted by atomic mass is 9.84. The van der Waals surface area contributed by atoms with Crippen LogP contribution in [-0.4, -0.2) is 41.5 Å². The summed E-state index contributed by atoms with van der Waals surface area (Å²) in [6.07, 6.45) is 3.20. The summed E-state index contributed by atoms with van der Waals surface area (Å²) in [7, 11) is 0. The molecule has 0 aromatic heterocycles. The lowest BCUT2D eigenvalue weighted by Gasteiger charge is -2.47. The maximum absolute atomic E-state index is 10.9. The van der Waals surface area contributed by atoms with E-state index in [9.17, 15) is 5.11 Å². The summed E-state index contributed by atoms with van der Waals surface area (Å²) >= 11 is 0. The van der Waals surface area contributed by atoms with Gasteiger partial charge in [0.15, 0.2) is 0 Å². The number of hydrogen-bond donors (Lipinski definition) is 3. The van der Waals surface area contributed by atoms with Gasteiger partial charge in [0.05, 0.1) is 24.1 Å². The molecule has 1 aromatic carbocycles. The SMILES string of the molecule is CC1(C)Oc2cc3c(cc2C(N2CCCCC2)C1O)NCN3.Cl.Cl. The second kappa shape index (κ2) is 7.16. The average molecular weight is 376 g/mol. The predicted octanol–water partition coefficient (Wildman–Crippen LogP) is 3.38. The van der Waals surface area contributed by atoms with Gasteiger partial charge in [0.25, 0.3) is 0 Å². The summed E-state index contributed by atoms with van der Waals surface area (Å²) in [5.74, 6) is 0.904. The van der Waals surface area contributed by atoms with Crippen molar-refractivity contribution < 1.29 is 9.84 Å². The highest BCUT2D eigenvalue weighted by Crippen LogP contribution is 2.47. The van der Waals surface area contributed by atoms with Crippen molar-refractivity contribution in [3.63, 3.8) is 0 Å². The molecule has 1 saturated heterocycles. The molecular formula is C17H27Cl2N3O2. The summed E-state index contributed by atoms with van der Waals surface area (Å²) in [5, 5.41) is 17.6. The highest BCUT2D eigenvalue weighted by molar-refractivity contribution is 5.85. The number of likely N-dealkylation sites (tertiary alicyclic amines) is 1. The van der Waals surface area contributed by atoms with Crippen molar-refractivity contribution >= 4 is 36.2 Å². The van der Waals surface area contributed by atoms with Gasteiger partial charge in [0.2, 0.25) is 0 Å². The minimum absolute atomic E-state index is 0. The number of aliphatic hydroxyl groups excluding tert-OH is 1. The summed E-state index contributed by atoms with van der Waals surface area (Å²) in [4.78, 5) is 2.44. The molecule has 4 rings (SSSR count). The normalized spacial score (nSPS) is 27.3. The van der Waals surface area contributed by atoms with Crippen molar-refractivity contribution in [3.8, 4) is 5.75 Å². The zero-order valence-corrected chi connectivity index (χ0v) is 15.8. The standard InChI is InChI=1S/C17H25N3O2.2ClH/c1-17(2)16(21)15(20-6-4-3-5-7-20)11-8-12-13(19-10-18-12)9-14(11)22-17;;/h8-9,15-16,18-19,21H,3-7,10H2,1-2H3;2*1H. The van der Waals surface area contributed by atoms with Crippen LogP contribution in [0.25, 0.3) is 0 Å². The Balaban J connectivity index is 0.00000104. The lowest BCUT2D eigenvalue weighted by Crippen LogP contribution is -2.54. The molecule has 3 aliphatic heterocycles. The molecule has 0 aliphatic carbocycles. The van der Waals surface area contributed by atoms with Crippen LogP contribution in [0.5, 0.6) is 5.75 Å². The first-order valence-corrected chi connectivity index (χ1v) is 8.33. The van der Waals surface area contributed by atoms with Crippen LogP contribution in [0.15, 0.2) is 12.1 Å². The summed E-state index contributed by atoms with van der Waals surface area (Å²) in [5.41, 5.74) is 2.73. The number of hydrogen-bond acceptors (Lipinski definition) is 5. The van der Waals surface area contributed by atoms with Gasteiger partial charge in [-0.15, -0.1) is 24.8 Å². The Morgan fingerprint density at radius 2 is 1.71 bits per heavy atom. The topological polar surface area (TPSA) is 56.8 Å². The molecular weight excluding hydrogens is 349 g/mol. The zero-order valence-electron chi connectivity index (χ0n) is 14.2. The Hall–Kier alpha value is -0.880. The van der Waals surface area contributed by atoms with Crippen molar-refractivity contribution in [2.24, 2.45) is 0 Å². The number of anilines is 2. The van der Waals surface area contributed by atoms with E-state index in [1.807, 2.05) is 13.8 Å². The Morgan fingerprint density at radius 1 is 1.08 bits per heavy atom. The van der Waals surface area contributed by atoms with Gasteiger partial charge in [-0.25, -0.2) is 0 Å². The van der Waals surface area contributed by atoms with Crippen LogP contribution >= 0.6 is 24.8 Å². The molecule has 5 nitrogen and oxygen atoms in total. The fourth-order valence-corrected chi connectivity index (χ4v) is 3.93. The minimum Gasteiger partial charge on any atom is -0.485 e. The highest BCUT2D eigenvalue weighted by Gasteiger charge is 2.46. The van der Waals surface area contributed by atoms with Gasteiger partial charge in [0.1, 0.15) is 17.5 Å². The van der Waals surface area contributed by atoms with Gasteiger partial charge in [-0.05, 0) is 45.8 Å². The molecule has 0 saturated carbocycles. The lowest BCUT2D eigenvalue weighted by molar-refractivity contribution is -0.0960. The number of aliphatic hydroxyl groups is 1. The molecule has 0 amide bonds. The maximum atomic E-state index is 10.9. The van der Waals surface area contributed by atoms with Crippen LogP contribution in [0, 0.1) is 0 Å². The van der Waals surface area contributed by atoms with Crippen molar-refractivity contribution in [3.05, 3.63) is 17.7 Å². The molecule has 2 unspecified atom stereocenters. The van der Waals surface area contributed by atoms with E-state index in [4.69, 9.17) is 4.74 Å². The van der Waals surface area contributed by atoms with Gasteiger partial charge in [-0.2, -0.15) is 0 Å². The van der Waals surface area contributed by atoms with E-state index < -0.39 is 11.7 Å². The summed E-state index contributed by atoms with van der Waals surface area (Å²) in [6, 6.07) is 4.25. The van der Waals surface area contributed by atoms with E-state index in [2.05, 4.69) is 27.7 Å². The molecule has 0 radical (unpaired) electrons. The zero-order chi connectivity index (χ0) is 15.3. The molecule has 3 aliphatic rings. The third kappa shape index (κ3) is 3.15. The van der Waals surface area contributed by atoms with Gasteiger partial charge in [-0.1, -0.05) is 6.42 Å². The van der Waals surface area contributed by atoms with Crippen LogP contribution in [0.1, 0.15) is 44.7 Å². The van der Waals surface area contributed by atoms with Crippen LogP contribution in [0.3, 0.4) is 0 Å². The quantitative estimate of drug-likeness (QED) is 0.702. The molecule has 1 aromatic rings. The number of halogens is 2. The fourth-order valence-electron chi connectivity index (χ4n) is 3.93. The highest BCUT2D eigenvalue weighted by atomic mass is 35.5. The third-order valence-corrected chi connectivity index (χ3v) is 5.19. The van der Waals surface area contributed by atoms with Crippen molar-refractivity contribution in [2.75, 3.05) is 30.4 Å². The van der Waals surface area contributed by atoms with Crippen molar-refractivity contribution in [1.29, 1.82) is 0 Å². The van der Waals surface area contributed by atoms with Crippen molar-refractivity contribution in [1.82, 2.24) is 4.90 Å². The summed E-state index contributed by atoms with van der Waals surface area (Å²) < 4.78 is 6.13. The summed E-state index contributed by atoms with van der Waals surface area (Å²) in [6.45, 7) is 6.82. The molecule has 7 heteroatoms. The Labute approximate surface area is 156 Å². The van der Waals surface area contributed by atoms with Gasteiger partial charge < -0.3 is 20.5 Å². The van der Waals surface area contributed by atoms with E-state index in [0.29, 0.717) is 0 Å². The number of ether oxygens (including phenoxy) is 1. The number of fused-ring (bicyclic) bond motifs is 2. The van der Waals surface area contributed by atoms with Crippen molar-refractivity contribution in [2.45, 2.75) is 50.9 Å². The first-order chi connectivity index (χ1) is 10.6. The van der Waals surface area contributed by atoms with E-state index in [0.717, 1.165) is 42.4 Å². The monoisotopic (exact) mass is 375 g/mol. The molecule has 3 N–H and O–H groups in total. The number of benzene rings is 1. The molecule has 0 bridgehead atoms. The molecule has 3 heterocycles. The second-order valence-electron chi connectivity index (χ2n) is 7.16. The second-order valence-corrected chi connectivity index (χ2v) is 7.16.